The zero-order valence-electron chi connectivity index (χ0n) is 15.4. The Balaban J connectivity index is 1.72. The molecule has 160 valence electrons. The molecule has 1 saturated carbocycles. The van der Waals surface area contributed by atoms with Crippen molar-refractivity contribution in [1.29, 1.82) is 0 Å². The molecule has 15 heteroatoms. The monoisotopic (exact) mass is 462 g/mol. The molecule has 2 aromatic heterocycles. The molecule has 0 aromatic carbocycles. The third-order valence-corrected chi connectivity index (χ3v) is 7.40. The molecule has 3 heterocycles. The van der Waals surface area contributed by atoms with Crippen molar-refractivity contribution in [1.82, 2.24) is 19.5 Å². The maximum atomic E-state index is 12.2. The van der Waals surface area contributed by atoms with Gasteiger partial charge in [0.05, 0.1) is 12.4 Å². The molecular weight excluding hydrogens is 444 g/mol. The second-order valence-corrected chi connectivity index (χ2v) is 12.6. The van der Waals surface area contributed by atoms with Gasteiger partial charge in [0.2, 0.25) is 0 Å². The number of nitrogen functional groups attached to an aromatic ring is 1. The summed E-state index contributed by atoms with van der Waals surface area (Å²) in [6.07, 6.45) is -0.650. The van der Waals surface area contributed by atoms with Crippen LogP contribution in [0.15, 0.2) is 12.7 Å². The molecule has 4 rings (SSSR count). The predicted octanol–water partition coefficient (Wildman–Crippen LogP) is -1.69. The van der Waals surface area contributed by atoms with E-state index in [4.69, 9.17) is 31.5 Å². The molecule has 12 nitrogen and oxygen atoms in total. The molecule has 2 aromatic rings. The third kappa shape index (κ3) is 3.99. The molecule has 7 unspecified atom stereocenters. The number of hydrogen-bond acceptors (Lipinski definition) is 12. The molecule has 2 N–H and O–H groups in total. The van der Waals surface area contributed by atoms with Gasteiger partial charge in [0.25, 0.3) is 0 Å². The van der Waals surface area contributed by atoms with Gasteiger partial charge < -0.3 is 39.0 Å². The summed E-state index contributed by atoms with van der Waals surface area (Å²) in [7, 11) is -3.39. The number of anilines is 1. The minimum absolute atomic E-state index is 0.128. The van der Waals surface area contributed by atoms with Crippen LogP contribution in [0.4, 0.5) is 5.82 Å². The summed E-state index contributed by atoms with van der Waals surface area (Å²) in [6, 6.07) is 0. The van der Waals surface area contributed by atoms with Crippen LogP contribution in [-0.2, 0) is 30.4 Å². The van der Waals surface area contributed by atoms with Gasteiger partial charge in [0.1, 0.15) is 24.1 Å². The summed E-state index contributed by atoms with van der Waals surface area (Å²) in [5.41, 5.74) is 5.47. The number of fused-ring (bicyclic) bond motifs is 1. The summed E-state index contributed by atoms with van der Waals surface area (Å²) >= 11 is 4.91. The van der Waals surface area contributed by atoms with Crippen LogP contribution >= 0.6 is 14.1 Å². The summed E-state index contributed by atoms with van der Waals surface area (Å²) in [5.74, 6) is -0.436. The van der Waals surface area contributed by atoms with Gasteiger partial charge in [-0.3, -0.25) is 4.57 Å². The molecule has 1 saturated heterocycles. The van der Waals surface area contributed by atoms with Crippen LogP contribution in [0.2, 0.25) is 0 Å². The molecule has 0 bridgehead atoms. The second kappa shape index (κ2) is 7.30. The fourth-order valence-electron chi connectivity index (χ4n) is 3.80. The van der Waals surface area contributed by atoms with Crippen molar-refractivity contribution in [3.05, 3.63) is 12.7 Å². The van der Waals surface area contributed by atoms with Crippen LogP contribution in [0.5, 0.6) is 0 Å². The summed E-state index contributed by atoms with van der Waals surface area (Å²) in [6.45, 7) is -2.15. The SMILES string of the molecule is COC1C(OP(C)([O-])=S)C(C2CC2P(=O)([O-])[O-])OC1n1cnc2c(N)ncnc21. The average Bonchev–Trinajstić information content (AvgIpc) is 3.18. The summed E-state index contributed by atoms with van der Waals surface area (Å²) < 4.78 is 30.2. The van der Waals surface area contributed by atoms with E-state index >= 15 is 0 Å². The highest BCUT2D eigenvalue weighted by Crippen LogP contribution is 2.58. The van der Waals surface area contributed by atoms with Crippen LogP contribution in [0.25, 0.3) is 11.2 Å². The van der Waals surface area contributed by atoms with E-state index in [0.717, 1.165) is 0 Å². The van der Waals surface area contributed by atoms with Crippen molar-refractivity contribution in [3.8, 4) is 0 Å². The van der Waals surface area contributed by atoms with Gasteiger partial charge in [-0.25, -0.2) is 15.0 Å². The van der Waals surface area contributed by atoms with E-state index in [0.29, 0.717) is 11.2 Å². The lowest BCUT2D eigenvalue weighted by Crippen LogP contribution is -2.37. The topological polar surface area (TPSA) is 184 Å². The first-order valence-electron chi connectivity index (χ1n) is 8.61. The second-order valence-electron chi connectivity index (χ2n) is 7.12. The van der Waals surface area contributed by atoms with E-state index < -0.39 is 50.2 Å². The highest BCUT2D eigenvalue weighted by molar-refractivity contribution is 8.08. The molecular formula is C14H18N5O7P2S-3. The first kappa shape index (κ1) is 21.2. The van der Waals surface area contributed by atoms with E-state index in [1.165, 1.54) is 26.4 Å². The van der Waals surface area contributed by atoms with Crippen molar-refractivity contribution < 1.29 is 33.2 Å². The lowest BCUT2D eigenvalue weighted by molar-refractivity contribution is -0.314. The minimum Gasteiger partial charge on any atom is -0.811 e. The molecule has 7 atom stereocenters. The number of hydrogen-bond donors (Lipinski definition) is 1. The van der Waals surface area contributed by atoms with Crippen molar-refractivity contribution in [2.24, 2.45) is 5.92 Å². The smallest absolute Gasteiger partial charge is 0.167 e. The van der Waals surface area contributed by atoms with Gasteiger partial charge in [0, 0.05) is 7.11 Å². The van der Waals surface area contributed by atoms with Gasteiger partial charge in [-0.1, -0.05) is 19.4 Å². The van der Waals surface area contributed by atoms with Crippen LogP contribution in [0, 0.1) is 5.92 Å². The van der Waals surface area contributed by atoms with Gasteiger partial charge >= 0.3 is 0 Å². The Morgan fingerprint density at radius 3 is 2.62 bits per heavy atom. The Morgan fingerprint density at radius 2 is 2.03 bits per heavy atom. The summed E-state index contributed by atoms with van der Waals surface area (Å²) in [5, 5.41) is 0. The zero-order valence-corrected chi connectivity index (χ0v) is 18.0. The van der Waals surface area contributed by atoms with E-state index in [1.54, 1.807) is 4.57 Å². The molecule has 2 fully saturated rings. The third-order valence-electron chi connectivity index (χ3n) is 5.10. The normalized spacial score (nSPS) is 34.4. The fourth-order valence-corrected chi connectivity index (χ4v) is 5.92. The van der Waals surface area contributed by atoms with Gasteiger partial charge in [-0.2, -0.15) is 0 Å². The Morgan fingerprint density at radius 1 is 1.31 bits per heavy atom. The molecule has 1 aliphatic heterocycles. The molecule has 1 aliphatic carbocycles. The van der Waals surface area contributed by atoms with Crippen LogP contribution < -0.4 is 20.4 Å². The molecule has 0 amide bonds. The van der Waals surface area contributed by atoms with Gasteiger partial charge in [-0.15, -0.1) is 0 Å². The number of methoxy groups -OCH3 is 1. The Labute approximate surface area is 170 Å². The Hall–Kier alpha value is -1.01. The first-order chi connectivity index (χ1) is 13.5. The van der Waals surface area contributed by atoms with Crippen molar-refractivity contribution in [3.63, 3.8) is 0 Å². The molecule has 0 radical (unpaired) electrons. The number of nitrogens with two attached hydrogens (primary N) is 1. The minimum atomic E-state index is -4.79. The fraction of sp³-hybridized carbons (Fsp3) is 0.643. The molecule has 29 heavy (non-hydrogen) atoms. The number of nitrogens with zero attached hydrogens (tertiary/aromatic N) is 4. The quantitative estimate of drug-likeness (QED) is 0.481. The average molecular weight is 462 g/mol. The lowest BCUT2D eigenvalue weighted by atomic mass is 10.1. The maximum Gasteiger partial charge on any atom is 0.167 e. The lowest BCUT2D eigenvalue weighted by Gasteiger charge is -2.34. The number of rotatable bonds is 6. The van der Waals surface area contributed by atoms with Crippen LogP contribution in [-0.4, -0.2) is 57.3 Å². The zero-order chi connectivity index (χ0) is 21.1. The van der Waals surface area contributed by atoms with Crippen molar-refractivity contribution >= 4 is 42.9 Å². The highest BCUT2D eigenvalue weighted by atomic mass is 32.5. The van der Waals surface area contributed by atoms with E-state index in [2.05, 4.69) is 15.0 Å². The maximum absolute atomic E-state index is 12.2. The van der Waals surface area contributed by atoms with Crippen molar-refractivity contribution in [2.45, 2.75) is 36.6 Å². The molecule has 0 spiro atoms. The van der Waals surface area contributed by atoms with Crippen molar-refractivity contribution in [2.75, 3.05) is 19.5 Å². The number of aromatic nitrogens is 4. The van der Waals surface area contributed by atoms with Gasteiger partial charge in [-0.05, 0) is 31.2 Å². The van der Waals surface area contributed by atoms with Crippen LogP contribution in [0.3, 0.4) is 0 Å². The largest absolute Gasteiger partial charge is 0.811 e. The van der Waals surface area contributed by atoms with E-state index in [9.17, 15) is 19.2 Å². The first-order valence-corrected chi connectivity index (χ1v) is 13.3. The molecule has 2 aliphatic rings. The van der Waals surface area contributed by atoms with Gasteiger partial charge in [0.15, 0.2) is 17.7 Å². The highest BCUT2D eigenvalue weighted by Gasteiger charge is 2.57. The van der Waals surface area contributed by atoms with Crippen LogP contribution in [0.1, 0.15) is 12.6 Å². The number of imidazole rings is 1. The predicted molar refractivity (Wildman–Crippen MR) is 99.0 cm³/mol. The Bertz CT molecular complexity index is 1020. The standard InChI is InChI=1S/C14H21N5O7P2S/c1-24-11-10(26-27(2,20)29)9(6-3-7(6)28(21,22)23)25-14(11)19-5-18-8-12(15)16-4-17-13(8)19/h4-7,9-11,14H,3H2,1-2H3,(H,20,29)(H2,15,16,17)(H2,21,22,23)/p-3. The van der Waals surface area contributed by atoms with E-state index in [1.807, 2.05) is 0 Å². The number of ether oxygens (including phenoxy) is 2. The Kier molecular flexibility index (Phi) is 5.34. The van der Waals surface area contributed by atoms with E-state index in [-0.39, 0.29) is 12.2 Å². The summed E-state index contributed by atoms with van der Waals surface area (Å²) in [4.78, 5) is 47.3.